The molecule has 14 heteroatoms. The number of nitrogens with zero attached hydrogens (tertiary/aromatic N) is 1. The number of carbonyl (C=O) groups excluding carboxylic acids is 3. The second-order valence-electron chi connectivity index (χ2n) is 7.30. The van der Waals surface area contributed by atoms with Crippen LogP contribution in [0.1, 0.15) is 38.5 Å². The fraction of sp³-hybridized carbons (Fsp3) is 0.667. The highest BCUT2D eigenvalue weighted by Crippen LogP contribution is 2.19. The molecule has 0 aromatic carbocycles. The lowest BCUT2D eigenvalue weighted by Crippen LogP contribution is -2.58. The smallest absolute Gasteiger partial charge is 0.326 e. The van der Waals surface area contributed by atoms with E-state index in [-0.39, 0.29) is 25.8 Å². The monoisotopic (exact) mass is 460 g/mol. The molecule has 0 bridgehead atoms. The standard InChI is InChI=1S/C18H28N4O10/c19-9(3-5-13(24)25)15(28)21-11(8-23)16(29)20-10(4-6-14(26)27)17(30)22-7-1-2-12(22)18(31)32/h9-12,23H,1-8,19H2,(H,20,29)(H,21,28)(H,24,25)(H,26,27)(H,31,32). The maximum absolute atomic E-state index is 12.8. The van der Waals surface area contributed by atoms with Gasteiger partial charge in [0, 0.05) is 19.4 Å². The quantitative estimate of drug-likeness (QED) is 0.147. The molecule has 3 amide bonds. The summed E-state index contributed by atoms with van der Waals surface area (Å²) in [5.41, 5.74) is 5.56. The number of hydrogen-bond donors (Lipinski definition) is 7. The zero-order valence-corrected chi connectivity index (χ0v) is 17.2. The van der Waals surface area contributed by atoms with Crippen molar-refractivity contribution in [3.05, 3.63) is 0 Å². The second-order valence-corrected chi connectivity index (χ2v) is 7.30. The third kappa shape index (κ3) is 8.11. The lowest BCUT2D eigenvalue weighted by molar-refractivity contribution is -0.150. The van der Waals surface area contributed by atoms with Crippen LogP contribution in [0.5, 0.6) is 0 Å². The number of carboxylic acids is 3. The average Bonchev–Trinajstić information content (AvgIpc) is 3.22. The minimum Gasteiger partial charge on any atom is -0.481 e. The molecule has 180 valence electrons. The molecule has 1 aliphatic heterocycles. The third-order valence-electron chi connectivity index (χ3n) is 4.90. The molecular weight excluding hydrogens is 432 g/mol. The summed E-state index contributed by atoms with van der Waals surface area (Å²) in [6.45, 7) is -0.766. The van der Waals surface area contributed by atoms with Crippen LogP contribution in [0.25, 0.3) is 0 Å². The van der Waals surface area contributed by atoms with Crippen molar-refractivity contribution in [2.45, 2.75) is 62.7 Å². The van der Waals surface area contributed by atoms with Crippen LogP contribution in [-0.2, 0) is 28.8 Å². The van der Waals surface area contributed by atoms with Crippen LogP contribution in [0.15, 0.2) is 0 Å². The van der Waals surface area contributed by atoms with Gasteiger partial charge in [-0.15, -0.1) is 0 Å². The number of carbonyl (C=O) groups is 6. The van der Waals surface area contributed by atoms with Crippen molar-refractivity contribution in [1.29, 1.82) is 0 Å². The van der Waals surface area contributed by atoms with E-state index in [0.29, 0.717) is 6.42 Å². The molecule has 1 saturated heterocycles. The van der Waals surface area contributed by atoms with Gasteiger partial charge >= 0.3 is 17.9 Å². The van der Waals surface area contributed by atoms with Crippen LogP contribution in [0.2, 0.25) is 0 Å². The van der Waals surface area contributed by atoms with Crippen molar-refractivity contribution in [2.75, 3.05) is 13.2 Å². The fourth-order valence-corrected chi connectivity index (χ4v) is 3.17. The van der Waals surface area contributed by atoms with E-state index >= 15 is 0 Å². The highest BCUT2D eigenvalue weighted by molar-refractivity contribution is 5.94. The van der Waals surface area contributed by atoms with Gasteiger partial charge in [0.15, 0.2) is 0 Å². The minimum absolute atomic E-state index is 0.119. The molecule has 1 aliphatic rings. The van der Waals surface area contributed by atoms with Gasteiger partial charge in [-0.2, -0.15) is 0 Å². The van der Waals surface area contributed by atoms with Gasteiger partial charge in [-0.05, 0) is 25.7 Å². The van der Waals surface area contributed by atoms with Crippen molar-refractivity contribution in [3.63, 3.8) is 0 Å². The highest BCUT2D eigenvalue weighted by atomic mass is 16.4. The number of aliphatic hydroxyl groups is 1. The van der Waals surface area contributed by atoms with Gasteiger partial charge in [-0.3, -0.25) is 24.0 Å². The molecule has 1 heterocycles. The number of amides is 3. The fourth-order valence-electron chi connectivity index (χ4n) is 3.17. The normalized spacial score (nSPS) is 18.3. The number of nitrogens with one attached hydrogen (secondary N) is 2. The number of aliphatic carboxylic acids is 3. The molecule has 0 saturated carbocycles. The SMILES string of the molecule is NC(CCC(=O)O)C(=O)NC(CO)C(=O)NC(CCC(=O)O)C(=O)N1CCCC1C(=O)O. The van der Waals surface area contributed by atoms with E-state index in [1.165, 1.54) is 0 Å². The Balaban J connectivity index is 2.87. The van der Waals surface area contributed by atoms with Crippen LogP contribution in [0.3, 0.4) is 0 Å². The first-order chi connectivity index (χ1) is 15.0. The molecule has 32 heavy (non-hydrogen) atoms. The van der Waals surface area contributed by atoms with Gasteiger partial charge in [0.2, 0.25) is 17.7 Å². The topological polar surface area (TPSA) is 237 Å². The van der Waals surface area contributed by atoms with Gasteiger partial charge in [-0.1, -0.05) is 0 Å². The first-order valence-electron chi connectivity index (χ1n) is 9.92. The summed E-state index contributed by atoms with van der Waals surface area (Å²) in [7, 11) is 0. The summed E-state index contributed by atoms with van der Waals surface area (Å²) < 4.78 is 0. The first-order valence-corrected chi connectivity index (χ1v) is 9.92. The number of carboxylic acid groups (broad SMARTS) is 3. The number of likely N-dealkylation sites (tertiary alicyclic amines) is 1. The molecule has 4 atom stereocenters. The highest BCUT2D eigenvalue weighted by Gasteiger charge is 2.38. The number of hydrogen-bond acceptors (Lipinski definition) is 8. The summed E-state index contributed by atoms with van der Waals surface area (Å²) in [6.07, 6.45) is -0.815. The maximum atomic E-state index is 12.8. The Morgan fingerprint density at radius 3 is 2.00 bits per heavy atom. The van der Waals surface area contributed by atoms with Crippen molar-refractivity contribution >= 4 is 35.6 Å². The van der Waals surface area contributed by atoms with E-state index in [9.17, 15) is 39.0 Å². The third-order valence-corrected chi connectivity index (χ3v) is 4.90. The molecule has 8 N–H and O–H groups in total. The Bertz CT molecular complexity index is 743. The van der Waals surface area contributed by atoms with Crippen LogP contribution >= 0.6 is 0 Å². The van der Waals surface area contributed by atoms with E-state index in [2.05, 4.69) is 10.6 Å². The van der Waals surface area contributed by atoms with E-state index in [1.807, 2.05) is 0 Å². The largest absolute Gasteiger partial charge is 0.481 e. The summed E-state index contributed by atoms with van der Waals surface area (Å²) in [6, 6.07) is -5.32. The molecule has 0 aliphatic carbocycles. The van der Waals surface area contributed by atoms with Crippen LogP contribution < -0.4 is 16.4 Å². The Morgan fingerprint density at radius 1 is 0.906 bits per heavy atom. The van der Waals surface area contributed by atoms with Gasteiger partial charge < -0.3 is 41.7 Å². The average molecular weight is 460 g/mol. The predicted molar refractivity (Wildman–Crippen MR) is 105 cm³/mol. The molecule has 4 unspecified atom stereocenters. The zero-order chi connectivity index (χ0) is 24.4. The van der Waals surface area contributed by atoms with Crippen LogP contribution in [-0.4, -0.2) is 98.3 Å². The van der Waals surface area contributed by atoms with Gasteiger partial charge in [-0.25, -0.2) is 4.79 Å². The number of nitrogens with two attached hydrogens (primary N) is 1. The van der Waals surface area contributed by atoms with Gasteiger partial charge in [0.25, 0.3) is 0 Å². The minimum atomic E-state index is -1.55. The first kappa shape index (κ1) is 26.8. The summed E-state index contributed by atoms with van der Waals surface area (Å²) >= 11 is 0. The molecular formula is C18H28N4O10. The Kier molecular flexibility index (Phi) is 10.5. The summed E-state index contributed by atoms with van der Waals surface area (Å²) in [4.78, 5) is 71.3. The lowest BCUT2D eigenvalue weighted by atomic mass is 10.1. The van der Waals surface area contributed by atoms with Gasteiger partial charge in [0.1, 0.15) is 18.1 Å². The van der Waals surface area contributed by atoms with Crippen LogP contribution in [0.4, 0.5) is 0 Å². The predicted octanol–water partition coefficient (Wildman–Crippen LogP) is -2.92. The molecule has 0 spiro atoms. The number of rotatable bonds is 13. The molecule has 0 aromatic heterocycles. The van der Waals surface area contributed by atoms with Gasteiger partial charge in [0.05, 0.1) is 12.6 Å². The van der Waals surface area contributed by atoms with E-state index in [0.717, 1.165) is 4.90 Å². The van der Waals surface area contributed by atoms with Crippen molar-refractivity contribution in [3.8, 4) is 0 Å². The van der Waals surface area contributed by atoms with Crippen molar-refractivity contribution < 1.29 is 49.2 Å². The maximum Gasteiger partial charge on any atom is 0.326 e. The molecule has 0 radical (unpaired) electrons. The molecule has 1 rings (SSSR count). The molecule has 1 fully saturated rings. The Labute approximate surface area is 182 Å². The van der Waals surface area contributed by atoms with Crippen LogP contribution in [0, 0.1) is 0 Å². The summed E-state index contributed by atoms with van der Waals surface area (Å²) in [5, 5.41) is 40.7. The van der Waals surface area contributed by atoms with E-state index in [4.69, 9.17) is 15.9 Å². The van der Waals surface area contributed by atoms with Crippen molar-refractivity contribution in [1.82, 2.24) is 15.5 Å². The Hall–Kier alpha value is -3.26. The number of aliphatic hydroxyl groups excluding tert-OH is 1. The zero-order valence-electron chi connectivity index (χ0n) is 17.2. The Morgan fingerprint density at radius 2 is 1.47 bits per heavy atom. The van der Waals surface area contributed by atoms with E-state index in [1.54, 1.807) is 0 Å². The molecule has 0 aromatic rings. The lowest BCUT2D eigenvalue weighted by Gasteiger charge is -2.28. The van der Waals surface area contributed by atoms with E-state index < -0.39 is 79.2 Å². The summed E-state index contributed by atoms with van der Waals surface area (Å²) in [5.74, 6) is -6.35. The van der Waals surface area contributed by atoms with Crippen molar-refractivity contribution in [2.24, 2.45) is 5.73 Å². The molecule has 14 nitrogen and oxygen atoms in total. The second kappa shape index (κ2) is 12.6.